The standard InChI is InChI=1S/C69H114O6/c1-4-7-10-13-16-18-20-22-24-26-28-30-31-32-33-34-35-36-37-39-40-42-44-46-48-50-53-56-59-62-68(71)74-65-66(64-73-67(70)61-58-55-52-15-12-9-6-3)75-69(72)63-60-57-54-51-49-47-45-43-41-38-29-27-25-23-21-19-17-14-11-8-5-2/h7,10,16,18,22,24,27-30,32-33,35-36,39-40,44,46,50,53,66H,4-6,8-9,11-15,17,19-21,23,25-26,31,34,37-38,41-43,45,47-49,51-52,54-65H2,1-3H3/b10-7-,18-16-,24-22-,29-27-,30-28-,33-32-,36-35-,40-39-,46-44-,53-50-. The third kappa shape index (κ3) is 60.6. The van der Waals surface area contributed by atoms with Gasteiger partial charge in [0.1, 0.15) is 13.2 Å². The predicted octanol–water partition coefficient (Wildman–Crippen LogP) is 21.2. The van der Waals surface area contributed by atoms with E-state index in [1.165, 1.54) is 128 Å². The highest BCUT2D eigenvalue weighted by atomic mass is 16.6. The molecule has 0 N–H and O–H groups in total. The Kier molecular flexibility index (Phi) is 58.9. The SMILES string of the molecule is CC/C=C\C/C=C\C/C=C\C/C=C\C/C=C\C/C=C\C/C=C\C/C=C\C/C=C\CCCC(=O)OCC(COC(=O)CCCCCCCCC)OC(=O)CCCCCCCCCCC/C=C\CCCCCCCCCC. The molecule has 0 amide bonds. The molecule has 0 heterocycles. The van der Waals surface area contributed by atoms with E-state index in [2.05, 4.69) is 142 Å². The van der Waals surface area contributed by atoms with E-state index in [0.717, 1.165) is 103 Å². The van der Waals surface area contributed by atoms with E-state index < -0.39 is 6.10 Å². The largest absolute Gasteiger partial charge is 0.462 e. The number of carbonyl (C=O) groups is 3. The molecule has 6 nitrogen and oxygen atoms in total. The second kappa shape index (κ2) is 62.4. The number of esters is 3. The van der Waals surface area contributed by atoms with Crippen LogP contribution >= 0.6 is 0 Å². The summed E-state index contributed by atoms with van der Waals surface area (Å²) >= 11 is 0. The van der Waals surface area contributed by atoms with E-state index >= 15 is 0 Å². The topological polar surface area (TPSA) is 78.9 Å². The molecule has 0 spiro atoms. The first kappa shape index (κ1) is 70.8. The number of allylic oxidation sites excluding steroid dienone is 20. The zero-order valence-electron chi connectivity index (χ0n) is 48.8. The maximum absolute atomic E-state index is 12.8. The lowest BCUT2D eigenvalue weighted by Gasteiger charge is -2.18. The Morgan fingerprint density at radius 2 is 0.533 bits per heavy atom. The maximum Gasteiger partial charge on any atom is 0.306 e. The van der Waals surface area contributed by atoms with Crippen LogP contribution in [-0.2, 0) is 28.6 Å². The van der Waals surface area contributed by atoms with E-state index in [4.69, 9.17) is 14.2 Å². The summed E-state index contributed by atoms with van der Waals surface area (Å²) in [6.07, 6.45) is 86.6. The first-order chi connectivity index (χ1) is 37.0. The third-order valence-corrected chi connectivity index (χ3v) is 13.0. The minimum atomic E-state index is -0.803. The molecule has 1 atom stereocenters. The Labute approximate surface area is 462 Å². The van der Waals surface area contributed by atoms with E-state index in [0.29, 0.717) is 19.3 Å². The zero-order valence-corrected chi connectivity index (χ0v) is 48.8. The molecule has 0 aliphatic carbocycles. The van der Waals surface area contributed by atoms with Gasteiger partial charge in [-0.1, -0.05) is 271 Å². The molecule has 0 radical (unpaired) electrons. The molecule has 0 aliphatic rings. The Bertz CT molecular complexity index is 1570. The number of unbranched alkanes of at least 4 members (excludes halogenated alkanes) is 24. The van der Waals surface area contributed by atoms with E-state index in [1.807, 2.05) is 0 Å². The third-order valence-electron chi connectivity index (χ3n) is 13.0. The van der Waals surface area contributed by atoms with Crippen LogP contribution in [0.3, 0.4) is 0 Å². The smallest absolute Gasteiger partial charge is 0.306 e. The van der Waals surface area contributed by atoms with Crippen molar-refractivity contribution in [2.24, 2.45) is 0 Å². The Balaban J connectivity index is 4.29. The van der Waals surface area contributed by atoms with E-state index in [-0.39, 0.29) is 37.5 Å². The molecule has 0 bridgehead atoms. The van der Waals surface area contributed by atoms with Crippen molar-refractivity contribution >= 4 is 17.9 Å². The molecule has 0 aromatic heterocycles. The molecule has 0 aromatic rings. The van der Waals surface area contributed by atoms with Crippen molar-refractivity contribution in [2.45, 2.75) is 284 Å². The van der Waals surface area contributed by atoms with Crippen molar-refractivity contribution in [3.63, 3.8) is 0 Å². The van der Waals surface area contributed by atoms with Crippen molar-refractivity contribution in [3.05, 3.63) is 122 Å². The summed E-state index contributed by atoms with van der Waals surface area (Å²) in [5.41, 5.74) is 0. The lowest BCUT2D eigenvalue weighted by atomic mass is 10.1. The molecule has 0 saturated carbocycles. The Hall–Kier alpha value is -4.19. The molecule has 0 aliphatic heterocycles. The van der Waals surface area contributed by atoms with Crippen LogP contribution in [0.25, 0.3) is 0 Å². The van der Waals surface area contributed by atoms with Crippen LogP contribution in [0.4, 0.5) is 0 Å². The maximum atomic E-state index is 12.8. The number of rotatable bonds is 55. The normalized spacial score (nSPS) is 12.9. The van der Waals surface area contributed by atoms with Crippen molar-refractivity contribution in [1.29, 1.82) is 0 Å². The fourth-order valence-electron chi connectivity index (χ4n) is 8.32. The summed E-state index contributed by atoms with van der Waals surface area (Å²) in [7, 11) is 0. The monoisotopic (exact) mass is 1040 g/mol. The van der Waals surface area contributed by atoms with Gasteiger partial charge >= 0.3 is 17.9 Å². The molecule has 1 unspecified atom stereocenters. The first-order valence-corrected chi connectivity index (χ1v) is 31.0. The van der Waals surface area contributed by atoms with Crippen LogP contribution in [0.15, 0.2) is 122 Å². The van der Waals surface area contributed by atoms with E-state index in [1.54, 1.807) is 0 Å². The van der Waals surface area contributed by atoms with Crippen molar-refractivity contribution in [3.8, 4) is 0 Å². The predicted molar refractivity (Wildman–Crippen MR) is 325 cm³/mol. The summed E-state index contributed by atoms with van der Waals surface area (Å²) < 4.78 is 16.8. The Morgan fingerprint density at radius 1 is 0.280 bits per heavy atom. The van der Waals surface area contributed by atoms with E-state index in [9.17, 15) is 14.4 Å². The summed E-state index contributed by atoms with van der Waals surface area (Å²) in [4.78, 5) is 38.0. The molecule has 0 rings (SSSR count). The molecule has 75 heavy (non-hydrogen) atoms. The van der Waals surface area contributed by atoms with Gasteiger partial charge in [-0.3, -0.25) is 14.4 Å². The quantitative estimate of drug-likeness (QED) is 0.0261. The number of ether oxygens (including phenoxy) is 3. The molecule has 0 aromatic carbocycles. The average Bonchev–Trinajstić information content (AvgIpc) is 3.41. The van der Waals surface area contributed by atoms with Gasteiger partial charge in [-0.25, -0.2) is 0 Å². The minimum Gasteiger partial charge on any atom is -0.462 e. The zero-order chi connectivity index (χ0) is 54.3. The molecular weight excluding hydrogens is 925 g/mol. The van der Waals surface area contributed by atoms with Gasteiger partial charge in [0.05, 0.1) is 0 Å². The van der Waals surface area contributed by atoms with Gasteiger partial charge in [0, 0.05) is 19.3 Å². The summed E-state index contributed by atoms with van der Waals surface area (Å²) in [6.45, 7) is 6.44. The van der Waals surface area contributed by atoms with Crippen molar-refractivity contribution in [2.75, 3.05) is 13.2 Å². The molecule has 6 heteroatoms. The summed E-state index contributed by atoms with van der Waals surface area (Å²) in [5.74, 6) is -0.968. The molecule has 0 fully saturated rings. The van der Waals surface area contributed by atoms with Gasteiger partial charge < -0.3 is 14.2 Å². The van der Waals surface area contributed by atoms with Crippen molar-refractivity contribution in [1.82, 2.24) is 0 Å². The number of hydrogen-bond donors (Lipinski definition) is 0. The average molecular weight is 1040 g/mol. The fourth-order valence-corrected chi connectivity index (χ4v) is 8.32. The highest BCUT2D eigenvalue weighted by molar-refractivity contribution is 5.71. The number of hydrogen-bond acceptors (Lipinski definition) is 6. The van der Waals surface area contributed by atoms with Gasteiger partial charge in [-0.05, 0) is 109 Å². The van der Waals surface area contributed by atoms with Gasteiger partial charge in [-0.2, -0.15) is 0 Å². The molecular formula is C69H114O6. The molecule has 426 valence electrons. The number of carbonyl (C=O) groups excluding carboxylic acids is 3. The second-order valence-corrected chi connectivity index (χ2v) is 20.2. The fraction of sp³-hybridized carbons (Fsp3) is 0.667. The van der Waals surface area contributed by atoms with Crippen LogP contribution < -0.4 is 0 Å². The Morgan fingerprint density at radius 3 is 0.880 bits per heavy atom. The van der Waals surface area contributed by atoms with Crippen LogP contribution in [0, 0.1) is 0 Å². The van der Waals surface area contributed by atoms with Gasteiger partial charge in [0.25, 0.3) is 0 Å². The molecule has 0 saturated heterocycles. The van der Waals surface area contributed by atoms with Crippen LogP contribution in [0.1, 0.15) is 278 Å². The van der Waals surface area contributed by atoms with Crippen LogP contribution in [-0.4, -0.2) is 37.2 Å². The van der Waals surface area contributed by atoms with Crippen molar-refractivity contribution < 1.29 is 28.6 Å². The van der Waals surface area contributed by atoms with Gasteiger partial charge in [-0.15, -0.1) is 0 Å². The van der Waals surface area contributed by atoms with Crippen LogP contribution in [0.2, 0.25) is 0 Å². The lowest BCUT2D eigenvalue weighted by Crippen LogP contribution is -2.30. The second-order valence-electron chi connectivity index (χ2n) is 20.2. The summed E-state index contributed by atoms with van der Waals surface area (Å²) in [6, 6.07) is 0. The first-order valence-electron chi connectivity index (χ1n) is 31.0. The minimum absolute atomic E-state index is 0.0977. The summed E-state index contributed by atoms with van der Waals surface area (Å²) in [5, 5.41) is 0. The highest BCUT2D eigenvalue weighted by Crippen LogP contribution is 2.15. The highest BCUT2D eigenvalue weighted by Gasteiger charge is 2.19. The van der Waals surface area contributed by atoms with Gasteiger partial charge in [0.2, 0.25) is 0 Å². The van der Waals surface area contributed by atoms with Gasteiger partial charge in [0.15, 0.2) is 6.10 Å². The lowest BCUT2D eigenvalue weighted by molar-refractivity contribution is -0.167. The van der Waals surface area contributed by atoms with Crippen LogP contribution in [0.5, 0.6) is 0 Å².